The van der Waals surface area contributed by atoms with Crippen LogP contribution in [-0.4, -0.2) is 21.4 Å². The first-order valence-corrected chi connectivity index (χ1v) is 7.51. The predicted molar refractivity (Wildman–Crippen MR) is 81.7 cm³/mol. The van der Waals surface area contributed by atoms with Crippen molar-refractivity contribution >= 4 is 17.7 Å². The molecule has 2 aromatic rings. The van der Waals surface area contributed by atoms with E-state index in [1.165, 1.54) is 5.56 Å². The lowest BCUT2D eigenvalue weighted by molar-refractivity contribution is -0.119. The van der Waals surface area contributed by atoms with Crippen LogP contribution in [0, 0.1) is 6.92 Å². The monoisotopic (exact) mass is 289 g/mol. The van der Waals surface area contributed by atoms with Crippen LogP contribution in [0.4, 0.5) is 0 Å². The van der Waals surface area contributed by atoms with Crippen molar-refractivity contribution in [3.05, 3.63) is 47.8 Å². The maximum Gasteiger partial charge on any atom is 0.230 e. The van der Waals surface area contributed by atoms with Crippen LogP contribution in [0.2, 0.25) is 0 Å². The lowest BCUT2D eigenvalue weighted by Gasteiger charge is -2.12. The molecule has 0 aliphatic carbocycles. The number of hydrogen-bond acceptors (Lipinski definition) is 3. The Balaban J connectivity index is 1.85. The molecule has 0 radical (unpaired) electrons. The molecular weight excluding hydrogens is 270 g/mol. The zero-order valence-corrected chi connectivity index (χ0v) is 12.8. The summed E-state index contributed by atoms with van der Waals surface area (Å²) in [5.74, 6) is 0.463. The molecule has 0 spiro atoms. The lowest BCUT2D eigenvalue weighted by Crippen LogP contribution is -2.28. The van der Waals surface area contributed by atoms with E-state index in [4.69, 9.17) is 0 Å². The van der Waals surface area contributed by atoms with Crippen LogP contribution in [0.15, 0.2) is 41.6 Å². The van der Waals surface area contributed by atoms with E-state index in [1.807, 2.05) is 38.4 Å². The number of aryl methyl sites for hydroxylation is 2. The van der Waals surface area contributed by atoms with Crippen LogP contribution in [0.5, 0.6) is 0 Å². The van der Waals surface area contributed by atoms with Crippen LogP contribution in [-0.2, 0) is 11.8 Å². The Morgan fingerprint density at radius 1 is 1.45 bits per heavy atom. The zero-order chi connectivity index (χ0) is 14.5. The molecule has 5 heteroatoms. The van der Waals surface area contributed by atoms with Crippen molar-refractivity contribution in [3.63, 3.8) is 0 Å². The van der Waals surface area contributed by atoms with E-state index in [2.05, 4.69) is 23.4 Å². The van der Waals surface area contributed by atoms with Gasteiger partial charge in [-0.1, -0.05) is 18.2 Å². The van der Waals surface area contributed by atoms with E-state index < -0.39 is 0 Å². The van der Waals surface area contributed by atoms with Gasteiger partial charge in [0.15, 0.2) is 0 Å². The molecule has 1 aromatic heterocycles. The van der Waals surface area contributed by atoms with Gasteiger partial charge in [0.2, 0.25) is 5.91 Å². The van der Waals surface area contributed by atoms with Gasteiger partial charge in [0, 0.05) is 23.7 Å². The fourth-order valence-electron chi connectivity index (χ4n) is 1.89. The summed E-state index contributed by atoms with van der Waals surface area (Å²) in [6, 6.07) is 8.07. The van der Waals surface area contributed by atoms with Gasteiger partial charge in [-0.25, -0.2) is 0 Å². The quantitative estimate of drug-likeness (QED) is 0.861. The van der Waals surface area contributed by atoms with Crippen molar-refractivity contribution in [3.8, 4) is 0 Å². The molecule has 4 nitrogen and oxygen atoms in total. The van der Waals surface area contributed by atoms with Crippen LogP contribution >= 0.6 is 11.8 Å². The van der Waals surface area contributed by atoms with Crippen LogP contribution in [0.25, 0.3) is 0 Å². The SMILES string of the molecule is Cc1ccccc1SCC(=O)NC(C)c1cnn(C)c1. The summed E-state index contributed by atoms with van der Waals surface area (Å²) >= 11 is 1.56. The number of carbonyl (C=O) groups is 1. The van der Waals surface area contributed by atoms with Crippen LogP contribution < -0.4 is 5.32 Å². The predicted octanol–water partition coefficient (Wildman–Crippen LogP) is 2.70. The molecule has 0 bridgehead atoms. The van der Waals surface area contributed by atoms with Crippen molar-refractivity contribution in [2.75, 3.05) is 5.75 Å². The standard InChI is InChI=1S/C15H19N3OS/c1-11-6-4-5-7-14(11)20-10-15(19)17-12(2)13-8-16-18(3)9-13/h4-9,12H,10H2,1-3H3,(H,17,19). The molecule has 1 aromatic carbocycles. The van der Waals surface area contributed by atoms with E-state index in [-0.39, 0.29) is 11.9 Å². The van der Waals surface area contributed by atoms with Gasteiger partial charge in [0.1, 0.15) is 0 Å². The minimum absolute atomic E-state index is 0.0197. The third-order valence-corrected chi connectivity index (χ3v) is 4.23. The maximum atomic E-state index is 12.0. The van der Waals surface area contributed by atoms with Gasteiger partial charge < -0.3 is 5.32 Å². The fourth-order valence-corrected chi connectivity index (χ4v) is 2.73. The third kappa shape index (κ3) is 3.87. The minimum atomic E-state index is -0.0197. The Bertz CT molecular complexity index is 594. The summed E-state index contributed by atoms with van der Waals surface area (Å²) in [6.45, 7) is 4.02. The molecular formula is C15H19N3OS. The van der Waals surface area contributed by atoms with Crippen molar-refractivity contribution in [1.29, 1.82) is 0 Å². The molecule has 1 N–H and O–H groups in total. The highest BCUT2D eigenvalue weighted by Gasteiger charge is 2.11. The fraction of sp³-hybridized carbons (Fsp3) is 0.333. The largest absolute Gasteiger partial charge is 0.349 e. The van der Waals surface area contributed by atoms with Crippen LogP contribution in [0.1, 0.15) is 24.1 Å². The molecule has 0 saturated heterocycles. The molecule has 1 amide bonds. The smallest absolute Gasteiger partial charge is 0.230 e. The Morgan fingerprint density at radius 3 is 2.85 bits per heavy atom. The summed E-state index contributed by atoms with van der Waals surface area (Å²) in [4.78, 5) is 13.1. The number of carbonyl (C=O) groups excluding carboxylic acids is 1. The highest BCUT2D eigenvalue weighted by atomic mass is 32.2. The summed E-state index contributed by atoms with van der Waals surface area (Å²) in [5.41, 5.74) is 2.22. The van der Waals surface area contributed by atoms with Crippen molar-refractivity contribution < 1.29 is 4.79 Å². The molecule has 20 heavy (non-hydrogen) atoms. The van der Waals surface area contributed by atoms with Gasteiger partial charge in [-0.2, -0.15) is 5.10 Å². The summed E-state index contributed by atoms with van der Waals surface area (Å²) in [5, 5.41) is 7.10. The van der Waals surface area contributed by atoms with E-state index in [0.717, 1.165) is 10.5 Å². The van der Waals surface area contributed by atoms with E-state index in [0.29, 0.717) is 5.75 Å². The Morgan fingerprint density at radius 2 is 2.20 bits per heavy atom. The summed E-state index contributed by atoms with van der Waals surface area (Å²) in [6.07, 6.45) is 3.69. The number of benzene rings is 1. The van der Waals surface area contributed by atoms with Gasteiger partial charge in [0.05, 0.1) is 18.0 Å². The van der Waals surface area contributed by atoms with E-state index in [1.54, 1.807) is 22.6 Å². The van der Waals surface area contributed by atoms with E-state index >= 15 is 0 Å². The second kappa shape index (κ2) is 6.61. The highest BCUT2D eigenvalue weighted by Crippen LogP contribution is 2.21. The van der Waals surface area contributed by atoms with Crippen molar-refractivity contribution in [2.45, 2.75) is 24.8 Å². The van der Waals surface area contributed by atoms with Gasteiger partial charge in [-0.15, -0.1) is 11.8 Å². The third-order valence-electron chi connectivity index (χ3n) is 3.05. The molecule has 0 fully saturated rings. The number of aromatic nitrogens is 2. The molecule has 1 unspecified atom stereocenters. The first kappa shape index (κ1) is 14.7. The lowest BCUT2D eigenvalue weighted by atomic mass is 10.2. The average Bonchev–Trinajstić information content (AvgIpc) is 2.84. The number of nitrogens with one attached hydrogen (secondary N) is 1. The van der Waals surface area contributed by atoms with Crippen molar-refractivity contribution in [1.82, 2.24) is 15.1 Å². The van der Waals surface area contributed by atoms with Crippen molar-refractivity contribution in [2.24, 2.45) is 7.05 Å². The Hall–Kier alpha value is -1.75. The number of amides is 1. The maximum absolute atomic E-state index is 12.0. The molecule has 1 atom stereocenters. The number of nitrogens with zero attached hydrogens (tertiary/aromatic N) is 2. The molecule has 0 aliphatic rings. The Kier molecular flexibility index (Phi) is 4.84. The molecule has 0 saturated carbocycles. The van der Waals surface area contributed by atoms with Gasteiger partial charge in [-0.3, -0.25) is 9.48 Å². The zero-order valence-electron chi connectivity index (χ0n) is 12.0. The minimum Gasteiger partial charge on any atom is -0.349 e. The second-order valence-electron chi connectivity index (χ2n) is 4.79. The van der Waals surface area contributed by atoms with Gasteiger partial charge >= 0.3 is 0 Å². The van der Waals surface area contributed by atoms with Crippen LogP contribution in [0.3, 0.4) is 0 Å². The van der Waals surface area contributed by atoms with Gasteiger partial charge in [0.25, 0.3) is 0 Å². The first-order chi connectivity index (χ1) is 9.56. The molecule has 2 rings (SSSR count). The molecule has 0 aliphatic heterocycles. The molecule has 106 valence electrons. The van der Waals surface area contributed by atoms with E-state index in [9.17, 15) is 4.79 Å². The number of rotatable bonds is 5. The average molecular weight is 289 g/mol. The molecule has 1 heterocycles. The topological polar surface area (TPSA) is 46.9 Å². The summed E-state index contributed by atoms with van der Waals surface area (Å²) < 4.78 is 1.74. The first-order valence-electron chi connectivity index (χ1n) is 6.52. The van der Waals surface area contributed by atoms with Gasteiger partial charge in [-0.05, 0) is 25.5 Å². The normalized spacial score (nSPS) is 12.2. The number of thioether (sulfide) groups is 1. The highest BCUT2D eigenvalue weighted by molar-refractivity contribution is 8.00. The summed E-state index contributed by atoms with van der Waals surface area (Å²) in [7, 11) is 1.87. The Labute approximate surface area is 123 Å². The number of hydrogen-bond donors (Lipinski definition) is 1. The second-order valence-corrected chi connectivity index (χ2v) is 5.81.